The normalized spacial score (nSPS) is 13.9. The molecule has 0 aromatic heterocycles. The number of carbonyl (C=O) groups is 2. The van der Waals surface area contributed by atoms with Crippen LogP contribution in [-0.2, 0) is 11.2 Å². The van der Waals surface area contributed by atoms with Gasteiger partial charge in [-0.15, -0.1) is 0 Å². The number of nitrogens with zero attached hydrogens (tertiary/aromatic N) is 2. The summed E-state index contributed by atoms with van der Waals surface area (Å²) >= 11 is 0. The highest BCUT2D eigenvalue weighted by Crippen LogP contribution is 2.25. The third-order valence-corrected chi connectivity index (χ3v) is 4.95. The molecule has 2 aromatic rings. The maximum absolute atomic E-state index is 12.6. The minimum Gasteiger partial charge on any atom is -0.493 e. The molecule has 0 N–H and O–H groups in total. The van der Waals surface area contributed by atoms with E-state index < -0.39 is 0 Å². The molecule has 1 aliphatic rings. The molecule has 2 amide bonds. The monoisotopic (exact) mass is 382 g/mol. The van der Waals surface area contributed by atoms with Crippen LogP contribution in [0.5, 0.6) is 11.5 Å². The molecule has 0 unspecified atom stereocenters. The van der Waals surface area contributed by atoms with E-state index in [1.165, 1.54) is 5.56 Å². The fraction of sp³-hybridized carbons (Fsp3) is 0.364. The van der Waals surface area contributed by atoms with Crippen LogP contribution in [0.15, 0.2) is 48.5 Å². The van der Waals surface area contributed by atoms with Gasteiger partial charge in [0.05, 0.1) is 7.11 Å². The minimum absolute atomic E-state index is 0.0139. The summed E-state index contributed by atoms with van der Waals surface area (Å²) in [5.74, 6) is 1.06. The Hall–Kier alpha value is -3.02. The molecule has 0 bridgehead atoms. The summed E-state index contributed by atoms with van der Waals surface area (Å²) in [6, 6.07) is 15.0. The van der Waals surface area contributed by atoms with Crippen molar-refractivity contribution in [1.82, 2.24) is 9.80 Å². The van der Waals surface area contributed by atoms with E-state index in [0.29, 0.717) is 43.2 Å². The summed E-state index contributed by atoms with van der Waals surface area (Å²) in [7, 11) is 1.57. The number of methoxy groups -OCH3 is 1. The first-order valence-corrected chi connectivity index (χ1v) is 9.54. The van der Waals surface area contributed by atoms with Crippen molar-refractivity contribution >= 4 is 11.8 Å². The molecule has 0 aliphatic carbocycles. The van der Waals surface area contributed by atoms with Crippen molar-refractivity contribution in [3.63, 3.8) is 0 Å². The van der Waals surface area contributed by atoms with Crippen molar-refractivity contribution in [2.24, 2.45) is 0 Å². The van der Waals surface area contributed by atoms with Gasteiger partial charge in [-0.05, 0) is 36.2 Å². The molecule has 0 spiro atoms. The molecule has 0 radical (unpaired) electrons. The molecule has 6 heteroatoms. The number of benzene rings is 2. The van der Waals surface area contributed by atoms with Crippen LogP contribution in [-0.4, -0.2) is 61.5 Å². The van der Waals surface area contributed by atoms with Gasteiger partial charge in [0.15, 0.2) is 18.1 Å². The van der Waals surface area contributed by atoms with Gasteiger partial charge in [0.25, 0.3) is 11.8 Å². The van der Waals surface area contributed by atoms with Crippen molar-refractivity contribution in [3.8, 4) is 11.5 Å². The topological polar surface area (TPSA) is 59.1 Å². The van der Waals surface area contributed by atoms with Crippen molar-refractivity contribution in [3.05, 3.63) is 59.7 Å². The van der Waals surface area contributed by atoms with E-state index in [4.69, 9.17) is 9.47 Å². The Labute approximate surface area is 165 Å². The Kier molecular flexibility index (Phi) is 6.53. The molecule has 6 nitrogen and oxygen atoms in total. The number of ether oxygens (including phenoxy) is 2. The molecular formula is C22H26N2O4. The van der Waals surface area contributed by atoms with Gasteiger partial charge in [0, 0.05) is 31.7 Å². The third-order valence-electron chi connectivity index (χ3n) is 4.95. The molecule has 1 saturated heterocycles. The smallest absolute Gasteiger partial charge is 0.260 e. The fourth-order valence-corrected chi connectivity index (χ4v) is 3.19. The zero-order valence-electron chi connectivity index (χ0n) is 16.4. The Morgan fingerprint density at radius 1 is 0.893 bits per heavy atom. The van der Waals surface area contributed by atoms with Crippen LogP contribution in [0, 0.1) is 0 Å². The van der Waals surface area contributed by atoms with Gasteiger partial charge in [-0.3, -0.25) is 9.59 Å². The first-order valence-electron chi connectivity index (χ1n) is 9.54. The van der Waals surface area contributed by atoms with Gasteiger partial charge in [-0.2, -0.15) is 0 Å². The van der Waals surface area contributed by atoms with E-state index in [2.05, 4.69) is 6.92 Å². The SMILES string of the molecule is CCc1ccc(C(=O)N2CCN(C(=O)COc3ccccc3OC)CC2)cc1. The van der Waals surface area contributed by atoms with Crippen LogP contribution in [0.4, 0.5) is 0 Å². The lowest BCUT2D eigenvalue weighted by Gasteiger charge is -2.34. The molecule has 148 valence electrons. The van der Waals surface area contributed by atoms with Crippen LogP contribution in [0.3, 0.4) is 0 Å². The zero-order chi connectivity index (χ0) is 19.9. The standard InChI is InChI=1S/C22H26N2O4/c1-3-17-8-10-18(11-9-17)22(26)24-14-12-23(13-15-24)21(25)16-28-20-7-5-4-6-19(20)27-2/h4-11H,3,12-16H2,1-2H3. The second-order valence-corrected chi connectivity index (χ2v) is 6.66. The summed E-state index contributed by atoms with van der Waals surface area (Å²) in [4.78, 5) is 28.6. The Bertz CT molecular complexity index is 812. The van der Waals surface area contributed by atoms with Gasteiger partial charge < -0.3 is 19.3 Å². The maximum atomic E-state index is 12.6. The van der Waals surface area contributed by atoms with Crippen LogP contribution >= 0.6 is 0 Å². The quantitative estimate of drug-likeness (QED) is 0.771. The molecule has 0 saturated carbocycles. The zero-order valence-corrected chi connectivity index (χ0v) is 16.4. The van der Waals surface area contributed by atoms with Gasteiger partial charge in [-0.25, -0.2) is 0 Å². The van der Waals surface area contributed by atoms with E-state index in [-0.39, 0.29) is 18.4 Å². The Morgan fingerprint density at radius 3 is 2.11 bits per heavy atom. The maximum Gasteiger partial charge on any atom is 0.260 e. The van der Waals surface area contributed by atoms with Crippen LogP contribution < -0.4 is 9.47 Å². The van der Waals surface area contributed by atoms with Gasteiger partial charge >= 0.3 is 0 Å². The second kappa shape index (κ2) is 9.26. The number of hydrogen-bond acceptors (Lipinski definition) is 4. The summed E-state index contributed by atoms with van der Waals surface area (Å²) < 4.78 is 10.8. The summed E-state index contributed by atoms with van der Waals surface area (Å²) in [6.45, 7) is 4.10. The largest absolute Gasteiger partial charge is 0.493 e. The number of amides is 2. The predicted molar refractivity (Wildman–Crippen MR) is 107 cm³/mol. The van der Waals surface area contributed by atoms with Crippen molar-refractivity contribution in [2.45, 2.75) is 13.3 Å². The first kappa shape index (κ1) is 19.7. The first-order chi connectivity index (χ1) is 13.6. The fourth-order valence-electron chi connectivity index (χ4n) is 3.19. The number of para-hydroxylation sites is 2. The van der Waals surface area contributed by atoms with Crippen LogP contribution in [0.2, 0.25) is 0 Å². The highest BCUT2D eigenvalue weighted by molar-refractivity contribution is 5.94. The summed E-state index contributed by atoms with van der Waals surface area (Å²) in [5.41, 5.74) is 1.90. The predicted octanol–water partition coefficient (Wildman–Crippen LogP) is 2.62. The molecule has 2 aromatic carbocycles. The number of hydrogen-bond donors (Lipinski definition) is 0. The average Bonchev–Trinajstić information content (AvgIpc) is 2.77. The molecule has 1 fully saturated rings. The highest BCUT2D eigenvalue weighted by atomic mass is 16.5. The van der Waals surface area contributed by atoms with Gasteiger partial charge in [0.1, 0.15) is 0 Å². The summed E-state index contributed by atoms with van der Waals surface area (Å²) in [6.07, 6.45) is 0.951. The average molecular weight is 382 g/mol. The third kappa shape index (κ3) is 4.63. The highest BCUT2D eigenvalue weighted by Gasteiger charge is 2.25. The number of aryl methyl sites for hydroxylation is 1. The Balaban J connectivity index is 1.50. The molecular weight excluding hydrogens is 356 g/mol. The van der Waals surface area contributed by atoms with Crippen LogP contribution in [0.25, 0.3) is 0 Å². The lowest BCUT2D eigenvalue weighted by Crippen LogP contribution is -2.51. The second-order valence-electron chi connectivity index (χ2n) is 6.66. The molecule has 1 aliphatic heterocycles. The van der Waals surface area contributed by atoms with E-state index in [9.17, 15) is 9.59 Å². The van der Waals surface area contributed by atoms with Crippen molar-refractivity contribution in [2.75, 3.05) is 39.9 Å². The van der Waals surface area contributed by atoms with E-state index in [1.807, 2.05) is 36.4 Å². The van der Waals surface area contributed by atoms with E-state index >= 15 is 0 Å². The Morgan fingerprint density at radius 2 is 1.50 bits per heavy atom. The lowest BCUT2D eigenvalue weighted by molar-refractivity contribution is -0.134. The summed E-state index contributed by atoms with van der Waals surface area (Å²) in [5, 5.41) is 0. The molecule has 28 heavy (non-hydrogen) atoms. The molecule has 3 rings (SSSR count). The van der Waals surface area contributed by atoms with E-state index in [0.717, 1.165) is 6.42 Å². The van der Waals surface area contributed by atoms with Gasteiger partial charge in [-0.1, -0.05) is 31.2 Å². The minimum atomic E-state index is -0.0923. The number of piperazine rings is 1. The number of rotatable bonds is 6. The number of carbonyl (C=O) groups excluding carboxylic acids is 2. The van der Waals surface area contributed by atoms with Crippen molar-refractivity contribution in [1.29, 1.82) is 0 Å². The van der Waals surface area contributed by atoms with Crippen molar-refractivity contribution < 1.29 is 19.1 Å². The van der Waals surface area contributed by atoms with Crippen LogP contribution in [0.1, 0.15) is 22.8 Å². The molecule has 0 atom stereocenters. The lowest BCUT2D eigenvalue weighted by atomic mass is 10.1. The van der Waals surface area contributed by atoms with Gasteiger partial charge in [0.2, 0.25) is 0 Å². The van der Waals surface area contributed by atoms with E-state index in [1.54, 1.807) is 29.0 Å². The molecule has 1 heterocycles.